The van der Waals surface area contributed by atoms with Crippen LogP contribution in [-0.2, 0) is 4.74 Å². The van der Waals surface area contributed by atoms with Crippen LogP contribution < -0.4 is 5.32 Å². The molecule has 2 rings (SSSR count). The van der Waals surface area contributed by atoms with Gasteiger partial charge in [-0.25, -0.2) is 0 Å². The first kappa shape index (κ1) is 15.1. The van der Waals surface area contributed by atoms with Crippen molar-refractivity contribution < 1.29 is 17.9 Å². The van der Waals surface area contributed by atoms with E-state index in [-0.39, 0.29) is 18.0 Å². The summed E-state index contributed by atoms with van der Waals surface area (Å²) in [5.41, 5.74) is 0.0382. The lowest BCUT2D eigenvalue weighted by atomic mass is 9.87. The molecule has 2 aliphatic rings. The number of piperidine rings is 1. The summed E-state index contributed by atoms with van der Waals surface area (Å²) in [6, 6.07) is 0.279. The topological polar surface area (TPSA) is 24.5 Å². The minimum atomic E-state index is -4.07. The van der Waals surface area contributed by atoms with Crippen molar-refractivity contribution in [2.24, 2.45) is 5.41 Å². The van der Waals surface area contributed by atoms with Gasteiger partial charge in [0.05, 0.1) is 19.6 Å². The number of nitrogens with one attached hydrogen (secondary N) is 1. The van der Waals surface area contributed by atoms with Gasteiger partial charge in [0.25, 0.3) is 0 Å². The number of halogens is 3. The highest BCUT2D eigenvalue weighted by Crippen LogP contribution is 2.30. The molecule has 1 N–H and O–H groups in total. The molecule has 3 nitrogen and oxygen atoms in total. The molecule has 2 heterocycles. The fraction of sp³-hybridized carbons (Fsp3) is 1.00. The van der Waals surface area contributed by atoms with Gasteiger partial charge in [-0.05, 0) is 25.9 Å². The summed E-state index contributed by atoms with van der Waals surface area (Å²) < 4.78 is 42.6. The van der Waals surface area contributed by atoms with E-state index in [9.17, 15) is 13.2 Å². The Hall–Kier alpha value is -0.330. The number of hydrogen-bond acceptors (Lipinski definition) is 3. The molecule has 0 unspecified atom stereocenters. The molecule has 2 saturated heterocycles. The van der Waals surface area contributed by atoms with Gasteiger partial charge in [-0.2, -0.15) is 13.2 Å². The van der Waals surface area contributed by atoms with E-state index < -0.39 is 12.6 Å². The predicted molar refractivity (Wildman–Crippen MR) is 67.1 cm³/mol. The third-order valence-electron chi connectivity index (χ3n) is 3.99. The van der Waals surface area contributed by atoms with Crippen LogP contribution in [0.4, 0.5) is 13.2 Å². The van der Waals surface area contributed by atoms with E-state index in [1.54, 1.807) is 0 Å². The van der Waals surface area contributed by atoms with Gasteiger partial charge >= 0.3 is 6.18 Å². The summed E-state index contributed by atoms with van der Waals surface area (Å²) in [5, 5.41) is 3.26. The fourth-order valence-electron chi connectivity index (χ4n) is 2.87. The van der Waals surface area contributed by atoms with Crippen LogP contribution in [0.25, 0.3) is 0 Å². The first-order chi connectivity index (χ1) is 8.88. The molecular weight excluding hydrogens is 257 g/mol. The Labute approximate surface area is 112 Å². The molecule has 112 valence electrons. The van der Waals surface area contributed by atoms with Crippen molar-refractivity contribution in [1.29, 1.82) is 0 Å². The van der Waals surface area contributed by atoms with Crippen LogP contribution in [0.5, 0.6) is 0 Å². The van der Waals surface area contributed by atoms with E-state index in [4.69, 9.17) is 4.74 Å². The van der Waals surface area contributed by atoms with Gasteiger partial charge in [0.2, 0.25) is 0 Å². The molecule has 0 amide bonds. The summed E-state index contributed by atoms with van der Waals surface area (Å²) in [4.78, 5) is 2.04. The minimum absolute atomic E-state index is 0.0382. The summed E-state index contributed by atoms with van der Waals surface area (Å²) in [6.07, 6.45) is -2.90. The summed E-state index contributed by atoms with van der Waals surface area (Å²) in [6.45, 7) is 6.07. The summed E-state index contributed by atoms with van der Waals surface area (Å²) in [7, 11) is 0. The molecule has 0 aromatic heterocycles. The molecule has 2 aliphatic heterocycles. The summed E-state index contributed by atoms with van der Waals surface area (Å²) >= 11 is 0. The van der Waals surface area contributed by atoms with Crippen LogP contribution >= 0.6 is 0 Å². The second kappa shape index (κ2) is 5.97. The Kier molecular flexibility index (Phi) is 4.74. The normalized spacial score (nSPS) is 24.5. The monoisotopic (exact) mass is 280 g/mol. The van der Waals surface area contributed by atoms with E-state index in [1.165, 1.54) is 0 Å². The number of alkyl halides is 3. The van der Waals surface area contributed by atoms with Crippen molar-refractivity contribution in [3.63, 3.8) is 0 Å². The zero-order valence-corrected chi connectivity index (χ0v) is 11.4. The van der Waals surface area contributed by atoms with Gasteiger partial charge in [0.1, 0.15) is 0 Å². The highest BCUT2D eigenvalue weighted by molar-refractivity contribution is 4.88. The Morgan fingerprint density at radius 1 is 1.26 bits per heavy atom. The predicted octanol–water partition coefficient (Wildman–Crippen LogP) is 2.03. The fourth-order valence-corrected chi connectivity index (χ4v) is 2.87. The van der Waals surface area contributed by atoms with E-state index in [0.717, 1.165) is 25.9 Å². The van der Waals surface area contributed by atoms with Crippen LogP contribution in [0.3, 0.4) is 0 Å². The van der Waals surface area contributed by atoms with Crippen molar-refractivity contribution in [2.75, 3.05) is 39.4 Å². The second-order valence-corrected chi connectivity index (χ2v) is 6.12. The summed E-state index contributed by atoms with van der Waals surface area (Å²) in [5.74, 6) is 0. The first-order valence-corrected chi connectivity index (χ1v) is 6.97. The first-order valence-electron chi connectivity index (χ1n) is 6.97. The van der Waals surface area contributed by atoms with Gasteiger partial charge in [-0.1, -0.05) is 6.92 Å². The van der Waals surface area contributed by atoms with Gasteiger partial charge in [0.15, 0.2) is 0 Å². The molecule has 0 spiro atoms. The SMILES string of the molecule is CC1(CN(CCC(F)(F)F)C2CCNCC2)COC1. The Balaban J connectivity index is 1.91. The van der Waals surface area contributed by atoms with E-state index in [0.29, 0.717) is 19.8 Å². The average molecular weight is 280 g/mol. The van der Waals surface area contributed by atoms with Crippen LogP contribution in [0.2, 0.25) is 0 Å². The number of ether oxygens (including phenoxy) is 1. The smallest absolute Gasteiger partial charge is 0.380 e. The third-order valence-corrected chi connectivity index (χ3v) is 3.99. The second-order valence-electron chi connectivity index (χ2n) is 6.12. The molecule has 0 aromatic carbocycles. The molecule has 0 saturated carbocycles. The van der Waals surface area contributed by atoms with Gasteiger partial charge in [-0.15, -0.1) is 0 Å². The van der Waals surface area contributed by atoms with Crippen molar-refractivity contribution in [1.82, 2.24) is 10.2 Å². The molecule has 0 aromatic rings. The lowest BCUT2D eigenvalue weighted by Gasteiger charge is -2.45. The zero-order chi connectivity index (χ0) is 13.9. The van der Waals surface area contributed by atoms with Crippen LogP contribution in [0.1, 0.15) is 26.2 Å². The van der Waals surface area contributed by atoms with E-state index >= 15 is 0 Å². The van der Waals surface area contributed by atoms with Crippen molar-refractivity contribution in [3.05, 3.63) is 0 Å². The Bertz CT molecular complexity index is 286. The van der Waals surface area contributed by atoms with Crippen molar-refractivity contribution >= 4 is 0 Å². The quantitative estimate of drug-likeness (QED) is 0.834. The standard InChI is InChI=1S/C13H23F3N2O/c1-12(9-19-10-12)8-18(7-4-13(14,15)16)11-2-5-17-6-3-11/h11,17H,2-10H2,1H3. The maximum Gasteiger partial charge on any atom is 0.390 e. The van der Waals surface area contributed by atoms with Crippen LogP contribution in [0.15, 0.2) is 0 Å². The number of hydrogen-bond donors (Lipinski definition) is 1. The highest BCUT2D eigenvalue weighted by Gasteiger charge is 2.38. The van der Waals surface area contributed by atoms with Crippen LogP contribution in [-0.4, -0.2) is 56.5 Å². The average Bonchev–Trinajstić information content (AvgIpc) is 2.32. The van der Waals surface area contributed by atoms with Crippen LogP contribution in [0, 0.1) is 5.41 Å². The van der Waals surface area contributed by atoms with E-state index in [2.05, 4.69) is 12.2 Å². The largest absolute Gasteiger partial charge is 0.390 e. The molecule has 0 atom stereocenters. The third kappa shape index (κ3) is 4.61. The Morgan fingerprint density at radius 3 is 2.37 bits per heavy atom. The molecule has 19 heavy (non-hydrogen) atoms. The highest BCUT2D eigenvalue weighted by atomic mass is 19.4. The lowest BCUT2D eigenvalue weighted by Crippen LogP contribution is -2.53. The molecule has 6 heteroatoms. The maximum atomic E-state index is 12.4. The molecule has 0 radical (unpaired) electrons. The van der Waals surface area contributed by atoms with E-state index in [1.807, 2.05) is 4.90 Å². The molecular formula is C13H23F3N2O. The van der Waals surface area contributed by atoms with Crippen molar-refractivity contribution in [2.45, 2.75) is 38.4 Å². The van der Waals surface area contributed by atoms with Gasteiger partial charge < -0.3 is 10.1 Å². The maximum absolute atomic E-state index is 12.4. The van der Waals surface area contributed by atoms with Gasteiger partial charge in [0, 0.05) is 24.5 Å². The van der Waals surface area contributed by atoms with Gasteiger partial charge in [-0.3, -0.25) is 4.90 Å². The number of rotatable bonds is 5. The molecule has 2 fully saturated rings. The Morgan fingerprint density at radius 2 is 1.89 bits per heavy atom. The molecule has 0 aliphatic carbocycles. The molecule has 0 bridgehead atoms. The zero-order valence-electron chi connectivity index (χ0n) is 11.4. The lowest BCUT2D eigenvalue weighted by molar-refractivity contribution is -0.149. The minimum Gasteiger partial charge on any atom is -0.380 e. The van der Waals surface area contributed by atoms with Crippen molar-refractivity contribution in [3.8, 4) is 0 Å². The number of nitrogens with zero attached hydrogens (tertiary/aromatic N) is 1.